The quantitative estimate of drug-likeness (QED) is 0.523. The van der Waals surface area contributed by atoms with Crippen LogP contribution in [0.1, 0.15) is 16.2 Å². The summed E-state index contributed by atoms with van der Waals surface area (Å²) < 4.78 is 9.47. The summed E-state index contributed by atoms with van der Waals surface area (Å²) in [6.07, 6.45) is 0.567. The van der Waals surface area contributed by atoms with E-state index >= 15 is 0 Å². The number of rotatable bonds is 9. The first-order valence-corrected chi connectivity index (χ1v) is 6.99. The molecular formula is C13H21NO4S. The summed E-state index contributed by atoms with van der Waals surface area (Å²) in [5, 5.41) is 12.7. The molecule has 0 fully saturated rings. The molecule has 1 aromatic heterocycles. The Kier molecular flexibility index (Phi) is 7.66. The van der Waals surface area contributed by atoms with Gasteiger partial charge in [-0.15, -0.1) is 11.3 Å². The van der Waals surface area contributed by atoms with Gasteiger partial charge in [0.05, 0.1) is 26.2 Å². The third kappa shape index (κ3) is 6.68. The van der Waals surface area contributed by atoms with Gasteiger partial charge >= 0.3 is 5.97 Å². The Hall–Kier alpha value is -0.950. The summed E-state index contributed by atoms with van der Waals surface area (Å²) in [4.78, 5) is 13.3. The van der Waals surface area contributed by atoms with Crippen LogP contribution in [0.3, 0.4) is 0 Å². The first kappa shape index (κ1) is 16.1. The van der Waals surface area contributed by atoms with Crippen LogP contribution in [0, 0.1) is 0 Å². The normalized spacial score (nSPS) is 12.4. The third-order valence-corrected chi connectivity index (χ3v) is 3.66. The lowest BCUT2D eigenvalue weighted by Gasteiger charge is -2.09. The lowest BCUT2D eigenvalue weighted by molar-refractivity contribution is -0.139. The third-order valence-electron chi connectivity index (χ3n) is 2.58. The molecule has 1 unspecified atom stereocenters. The molecule has 0 amide bonds. The minimum atomic E-state index is -0.421. The highest BCUT2D eigenvalue weighted by Gasteiger charge is 2.06. The summed E-state index contributed by atoms with van der Waals surface area (Å²) in [6, 6.07) is 3.94. The van der Waals surface area contributed by atoms with Crippen molar-refractivity contribution in [2.75, 3.05) is 27.4 Å². The van der Waals surface area contributed by atoms with Crippen LogP contribution in [0.25, 0.3) is 0 Å². The molecule has 0 aliphatic carbocycles. The van der Waals surface area contributed by atoms with Crippen LogP contribution in [0.5, 0.6) is 0 Å². The average Bonchev–Trinajstić information content (AvgIpc) is 2.82. The van der Waals surface area contributed by atoms with Gasteiger partial charge < -0.3 is 19.9 Å². The second-order valence-electron chi connectivity index (χ2n) is 4.20. The summed E-state index contributed by atoms with van der Waals surface area (Å²) in [7, 11) is 2.97. The number of carbonyl (C=O) groups is 1. The zero-order valence-corrected chi connectivity index (χ0v) is 12.2. The van der Waals surface area contributed by atoms with Gasteiger partial charge in [0, 0.05) is 23.4 Å². The fourth-order valence-electron chi connectivity index (χ4n) is 1.58. The van der Waals surface area contributed by atoms with Crippen molar-refractivity contribution >= 4 is 17.3 Å². The molecule has 19 heavy (non-hydrogen) atoms. The van der Waals surface area contributed by atoms with Gasteiger partial charge in [0.1, 0.15) is 0 Å². The van der Waals surface area contributed by atoms with Crippen molar-refractivity contribution in [1.29, 1.82) is 0 Å². The topological polar surface area (TPSA) is 67.8 Å². The van der Waals surface area contributed by atoms with E-state index in [0.29, 0.717) is 19.4 Å². The number of ether oxygens (including phenoxy) is 2. The lowest BCUT2D eigenvalue weighted by Crippen LogP contribution is -2.22. The average molecular weight is 287 g/mol. The Balaban J connectivity index is 2.21. The first-order chi connectivity index (χ1) is 9.15. The summed E-state index contributed by atoms with van der Waals surface area (Å²) in [5.41, 5.74) is 0. The number of thiophene rings is 1. The van der Waals surface area contributed by atoms with Crippen molar-refractivity contribution in [3.8, 4) is 0 Å². The van der Waals surface area contributed by atoms with Crippen LogP contribution in [0.15, 0.2) is 12.1 Å². The van der Waals surface area contributed by atoms with E-state index in [2.05, 4.69) is 10.1 Å². The molecule has 0 aromatic carbocycles. The number of esters is 1. The number of hydrogen-bond acceptors (Lipinski definition) is 6. The molecule has 108 valence electrons. The van der Waals surface area contributed by atoms with E-state index in [1.807, 2.05) is 12.1 Å². The summed E-state index contributed by atoms with van der Waals surface area (Å²) >= 11 is 1.60. The van der Waals surface area contributed by atoms with Crippen molar-refractivity contribution < 1.29 is 19.4 Å². The number of aliphatic hydroxyl groups excluding tert-OH is 1. The van der Waals surface area contributed by atoms with E-state index in [1.165, 1.54) is 12.0 Å². The highest BCUT2D eigenvalue weighted by Crippen LogP contribution is 2.17. The van der Waals surface area contributed by atoms with Gasteiger partial charge in [-0.3, -0.25) is 4.79 Å². The molecule has 1 rings (SSSR count). The zero-order chi connectivity index (χ0) is 14.1. The van der Waals surface area contributed by atoms with Gasteiger partial charge in [-0.05, 0) is 25.1 Å². The molecule has 1 atom stereocenters. The van der Waals surface area contributed by atoms with Gasteiger partial charge in [-0.25, -0.2) is 0 Å². The predicted molar refractivity (Wildman–Crippen MR) is 74.2 cm³/mol. The lowest BCUT2D eigenvalue weighted by atomic mass is 10.2. The molecular weight excluding hydrogens is 266 g/mol. The minimum Gasteiger partial charge on any atom is -0.469 e. The van der Waals surface area contributed by atoms with Gasteiger partial charge in [0.2, 0.25) is 0 Å². The van der Waals surface area contributed by atoms with Crippen molar-refractivity contribution in [2.24, 2.45) is 0 Å². The van der Waals surface area contributed by atoms with Crippen LogP contribution >= 0.6 is 11.3 Å². The Morgan fingerprint density at radius 3 is 2.84 bits per heavy atom. The van der Waals surface area contributed by atoms with E-state index in [9.17, 15) is 9.90 Å². The smallest absolute Gasteiger partial charge is 0.310 e. The van der Waals surface area contributed by atoms with Crippen LogP contribution < -0.4 is 5.32 Å². The maximum Gasteiger partial charge on any atom is 0.310 e. The van der Waals surface area contributed by atoms with Crippen LogP contribution in [0.2, 0.25) is 0 Å². The molecule has 0 saturated carbocycles. The number of carbonyl (C=O) groups excluding carboxylic acids is 1. The number of methoxy groups -OCH3 is 2. The van der Waals surface area contributed by atoms with Crippen LogP contribution in [-0.2, 0) is 27.2 Å². The first-order valence-electron chi connectivity index (χ1n) is 6.17. The van der Waals surface area contributed by atoms with E-state index in [-0.39, 0.29) is 5.97 Å². The molecule has 6 heteroatoms. The molecule has 0 aliphatic heterocycles. The van der Waals surface area contributed by atoms with Gasteiger partial charge in [-0.1, -0.05) is 0 Å². The standard InChI is InChI=1S/C13H21NO4S/c1-17-9-10(15)5-6-14-8-12-4-3-11(19-12)7-13(16)18-2/h3-4,10,14-15H,5-9H2,1-2H3. The Morgan fingerprint density at radius 1 is 1.42 bits per heavy atom. The maximum absolute atomic E-state index is 11.1. The summed E-state index contributed by atoms with van der Waals surface area (Å²) in [5.74, 6) is -0.218. The fourth-order valence-corrected chi connectivity index (χ4v) is 2.56. The van der Waals surface area contributed by atoms with Crippen molar-refractivity contribution in [2.45, 2.75) is 25.5 Å². The van der Waals surface area contributed by atoms with Crippen LogP contribution in [0.4, 0.5) is 0 Å². The summed E-state index contributed by atoms with van der Waals surface area (Å²) in [6.45, 7) is 1.84. The molecule has 0 aliphatic rings. The molecule has 0 radical (unpaired) electrons. The molecule has 1 heterocycles. The molecule has 0 saturated heterocycles. The van der Waals surface area contributed by atoms with Gasteiger partial charge in [0.25, 0.3) is 0 Å². The predicted octanol–water partition coefficient (Wildman–Crippen LogP) is 0.951. The second kappa shape index (κ2) is 9.03. The molecule has 0 spiro atoms. The van der Waals surface area contributed by atoms with Crippen molar-refractivity contribution in [3.63, 3.8) is 0 Å². The minimum absolute atomic E-state index is 0.218. The largest absolute Gasteiger partial charge is 0.469 e. The molecule has 5 nitrogen and oxygen atoms in total. The molecule has 1 aromatic rings. The van der Waals surface area contributed by atoms with E-state index < -0.39 is 6.10 Å². The van der Waals surface area contributed by atoms with Gasteiger partial charge in [0.15, 0.2) is 0 Å². The number of nitrogens with one attached hydrogen (secondary N) is 1. The number of aliphatic hydroxyl groups is 1. The molecule has 0 bridgehead atoms. The van der Waals surface area contributed by atoms with E-state index in [4.69, 9.17) is 4.74 Å². The Bertz CT molecular complexity index is 380. The Labute approximate surface area is 117 Å². The SMILES string of the molecule is COCC(O)CCNCc1ccc(CC(=O)OC)s1. The number of hydrogen-bond donors (Lipinski definition) is 2. The zero-order valence-electron chi connectivity index (χ0n) is 11.3. The van der Waals surface area contributed by atoms with Crippen molar-refractivity contribution in [3.05, 3.63) is 21.9 Å². The maximum atomic E-state index is 11.1. The van der Waals surface area contributed by atoms with E-state index in [0.717, 1.165) is 18.0 Å². The van der Waals surface area contributed by atoms with Crippen molar-refractivity contribution in [1.82, 2.24) is 5.32 Å². The Morgan fingerprint density at radius 2 is 2.16 bits per heavy atom. The fraction of sp³-hybridized carbons (Fsp3) is 0.615. The van der Waals surface area contributed by atoms with Gasteiger partial charge in [-0.2, -0.15) is 0 Å². The second-order valence-corrected chi connectivity index (χ2v) is 5.45. The molecule has 2 N–H and O–H groups in total. The highest BCUT2D eigenvalue weighted by atomic mass is 32.1. The monoisotopic (exact) mass is 287 g/mol. The van der Waals surface area contributed by atoms with E-state index in [1.54, 1.807) is 18.4 Å². The highest BCUT2D eigenvalue weighted by molar-refractivity contribution is 7.12. The van der Waals surface area contributed by atoms with Crippen LogP contribution in [-0.4, -0.2) is 44.6 Å².